The van der Waals surface area contributed by atoms with Gasteiger partial charge in [0.05, 0.1) is 25.4 Å². The molecule has 0 radical (unpaired) electrons. The Labute approximate surface area is 189 Å². The van der Waals surface area contributed by atoms with Crippen LogP contribution in [-0.4, -0.2) is 59.4 Å². The van der Waals surface area contributed by atoms with E-state index in [4.69, 9.17) is 4.74 Å². The second-order valence-electron chi connectivity index (χ2n) is 8.83. The summed E-state index contributed by atoms with van der Waals surface area (Å²) >= 11 is 0. The van der Waals surface area contributed by atoms with Gasteiger partial charge in [0, 0.05) is 42.5 Å². The third-order valence-electron chi connectivity index (χ3n) is 6.63. The van der Waals surface area contributed by atoms with Crippen molar-refractivity contribution < 1.29 is 14.6 Å². The molecule has 3 atom stereocenters. The van der Waals surface area contributed by atoms with Crippen molar-refractivity contribution in [1.82, 2.24) is 14.8 Å². The number of benzene rings is 2. The number of nitrogens with zero attached hydrogens (tertiary/aromatic N) is 2. The lowest BCUT2D eigenvalue weighted by Gasteiger charge is -2.33. The lowest BCUT2D eigenvalue weighted by atomic mass is 9.96. The maximum atomic E-state index is 14.1. The summed E-state index contributed by atoms with van der Waals surface area (Å²) in [6.45, 7) is 5.58. The van der Waals surface area contributed by atoms with Crippen molar-refractivity contribution in [3.8, 4) is 11.1 Å². The largest absolute Gasteiger partial charge is 0.394 e. The molecule has 1 aromatic heterocycles. The average molecular weight is 436 g/mol. The number of amides is 1. The number of carbonyl (C=O) groups excluding carboxylic acids is 1. The lowest BCUT2D eigenvalue weighted by Crippen LogP contribution is -2.47. The number of rotatable bonds is 4. The molecule has 2 N–H and O–H groups in total. The Kier molecular flexibility index (Phi) is 6.65. The van der Waals surface area contributed by atoms with Crippen LogP contribution in [0.5, 0.6) is 0 Å². The monoisotopic (exact) mass is 435 g/mol. The predicted octanol–water partition coefficient (Wildman–Crippen LogP) is 3.42. The zero-order chi connectivity index (χ0) is 22.8. The molecule has 0 saturated carbocycles. The van der Waals surface area contributed by atoms with Gasteiger partial charge in [-0.2, -0.15) is 0 Å². The van der Waals surface area contributed by atoms with E-state index in [2.05, 4.69) is 30.4 Å². The molecule has 1 amide bonds. The van der Waals surface area contributed by atoms with Crippen molar-refractivity contribution in [2.24, 2.45) is 13.0 Å². The van der Waals surface area contributed by atoms with Gasteiger partial charge in [-0.3, -0.25) is 4.79 Å². The lowest BCUT2D eigenvalue weighted by molar-refractivity contribution is -0.00658. The maximum Gasteiger partial charge on any atom is 0.271 e. The van der Waals surface area contributed by atoms with Crippen LogP contribution in [0.15, 0.2) is 48.5 Å². The number of aryl methyl sites for hydroxylation is 1. The van der Waals surface area contributed by atoms with Gasteiger partial charge in [0.15, 0.2) is 0 Å². The third-order valence-corrected chi connectivity index (χ3v) is 6.63. The van der Waals surface area contributed by atoms with Gasteiger partial charge in [-0.1, -0.05) is 49.4 Å². The molecule has 0 aliphatic carbocycles. The highest BCUT2D eigenvalue weighted by atomic mass is 16.5. The third kappa shape index (κ3) is 3.94. The molecule has 6 heteroatoms. The molecular weight excluding hydrogens is 402 g/mol. The molecule has 2 aromatic carbocycles. The molecule has 170 valence electrons. The van der Waals surface area contributed by atoms with E-state index < -0.39 is 0 Å². The Bertz CT molecular complexity index is 1110. The minimum absolute atomic E-state index is 0.0628. The molecule has 0 saturated heterocycles. The summed E-state index contributed by atoms with van der Waals surface area (Å²) in [4.78, 5) is 15.9. The number of nitrogens with one attached hydrogen (secondary N) is 1. The van der Waals surface area contributed by atoms with E-state index in [0.29, 0.717) is 25.4 Å². The number of fused-ring (bicyclic) bond motifs is 5. The first-order chi connectivity index (χ1) is 15.5. The minimum Gasteiger partial charge on any atom is -0.394 e. The quantitative estimate of drug-likeness (QED) is 0.659. The highest BCUT2D eigenvalue weighted by molar-refractivity contribution is 6.10. The summed E-state index contributed by atoms with van der Waals surface area (Å²) in [6, 6.07) is 16.0. The van der Waals surface area contributed by atoms with Crippen LogP contribution in [0.25, 0.3) is 22.0 Å². The van der Waals surface area contributed by atoms with Gasteiger partial charge in [0.2, 0.25) is 0 Å². The first-order valence-corrected chi connectivity index (χ1v) is 11.3. The normalized spacial score (nSPS) is 20.5. The first kappa shape index (κ1) is 22.5. The van der Waals surface area contributed by atoms with Crippen molar-refractivity contribution in [3.05, 3.63) is 59.8 Å². The van der Waals surface area contributed by atoms with Crippen molar-refractivity contribution >= 4 is 16.8 Å². The number of para-hydroxylation sites is 1. The van der Waals surface area contributed by atoms with E-state index in [1.165, 1.54) is 0 Å². The number of aromatic nitrogens is 1. The van der Waals surface area contributed by atoms with E-state index >= 15 is 0 Å². The topological polar surface area (TPSA) is 66.7 Å². The average Bonchev–Trinajstić information content (AvgIpc) is 3.10. The van der Waals surface area contributed by atoms with Gasteiger partial charge in [-0.15, -0.1) is 0 Å². The second-order valence-corrected chi connectivity index (χ2v) is 8.83. The molecule has 0 spiro atoms. The van der Waals surface area contributed by atoms with Crippen molar-refractivity contribution in [2.45, 2.75) is 32.6 Å². The number of carbonyl (C=O) groups is 1. The Morgan fingerprint density at radius 1 is 1.19 bits per heavy atom. The van der Waals surface area contributed by atoms with Crippen LogP contribution >= 0.6 is 0 Å². The molecule has 3 aromatic rings. The van der Waals surface area contributed by atoms with Gasteiger partial charge >= 0.3 is 0 Å². The van der Waals surface area contributed by atoms with Gasteiger partial charge in [-0.25, -0.2) is 0 Å². The minimum atomic E-state index is -0.304. The Morgan fingerprint density at radius 2 is 1.91 bits per heavy atom. The Hall–Kier alpha value is -2.67. The molecule has 2 heterocycles. The fourth-order valence-corrected chi connectivity index (χ4v) is 4.75. The maximum absolute atomic E-state index is 14.1. The highest BCUT2D eigenvalue weighted by Gasteiger charge is 2.33. The van der Waals surface area contributed by atoms with E-state index in [1.807, 2.05) is 60.8 Å². The van der Waals surface area contributed by atoms with Crippen LogP contribution in [-0.2, 0) is 18.4 Å². The summed E-state index contributed by atoms with van der Waals surface area (Å²) in [5.41, 5.74) is 4.67. The fourth-order valence-electron chi connectivity index (χ4n) is 4.75. The standard InChI is InChI=1S/C26H33N3O3/c1-17-14-29(18(2)15-30)26(31)25-24(21-11-7-8-12-22(21)28(25)4)20-10-6-5-9-19(20)16-32-23(17)13-27-3/h5-12,17-18,23,27,30H,13-16H2,1-4H3/t17-,18-,23-/m1/s1. The smallest absolute Gasteiger partial charge is 0.271 e. The second kappa shape index (κ2) is 9.45. The molecule has 32 heavy (non-hydrogen) atoms. The van der Waals surface area contributed by atoms with Crippen molar-refractivity contribution in [2.75, 3.05) is 26.7 Å². The summed E-state index contributed by atoms with van der Waals surface area (Å²) in [5.74, 6) is 0.0239. The molecule has 6 nitrogen and oxygen atoms in total. The summed E-state index contributed by atoms with van der Waals surface area (Å²) in [6.07, 6.45) is -0.0628. The Morgan fingerprint density at radius 3 is 2.66 bits per heavy atom. The molecule has 1 aliphatic rings. The molecule has 4 rings (SSSR count). The van der Waals surface area contributed by atoms with Crippen LogP contribution < -0.4 is 5.32 Å². The number of hydrogen-bond donors (Lipinski definition) is 2. The van der Waals surface area contributed by atoms with Gasteiger partial charge in [0.25, 0.3) is 5.91 Å². The van der Waals surface area contributed by atoms with Crippen LogP contribution in [0.3, 0.4) is 0 Å². The van der Waals surface area contributed by atoms with Gasteiger partial charge in [-0.05, 0) is 31.2 Å². The predicted molar refractivity (Wildman–Crippen MR) is 128 cm³/mol. The van der Waals surface area contributed by atoms with E-state index in [-0.39, 0.29) is 30.6 Å². The number of aliphatic hydroxyl groups is 1. The van der Waals surface area contributed by atoms with Crippen LogP contribution in [0.4, 0.5) is 0 Å². The van der Waals surface area contributed by atoms with Crippen LogP contribution in [0, 0.1) is 5.92 Å². The first-order valence-electron chi connectivity index (χ1n) is 11.3. The van der Waals surface area contributed by atoms with Crippen molar-refractivity contribution in [1.29, 1.82) is 0 Å². The van der Waals surface area contributed by atoms with E-state index in [1.54, 1.807) is 0 Å². The van der Waals surface area contributed by atoms with Gasteiger partial charge in [0.1, 0.15) is 5.69 Å². The zero-order valence-corrected chi connectivity index (χ0v) is 19.3. The molecule has 0 bridgehead atoms. The number of aliphatic hydroxyl groups excluding tert-OH is 1. The van der Waals surface area contributed by atoms with Gasteiger partial charge < -0.3 is 24.6 Å². The van der Waals surface area contributed by atoms with Crippen LogP contribution in [0.1, 0.15) is 29.9 Å². The number of ether oxygens (including phenoxy) is 1. The number of likely N-dealkylation sites (N-methyl/N-ethyl adjacent to an activating group) is 1. The van der Waals surface area contributed by atoms with E-state index in [0.717, 1.165) is 27.6 Å². The Balaban J connectivity index is 1.99. The molecule has 0 fully saturated rings. The van der Waals surface area contributed by atoms with E-state index in [9.17, 15) is 9.90 Å². The SMILES string of the molecule is CNC[C@H]1OCc2ccccc2-c2c(n(C)c3ccccc23)C(=O)N([C@H](C)CO)C[C@H]1C. The fraction of sp³-hybridized carbons (Fsp3) is 0.423. The number of hydrogen-bond acceptors (Lipinski definition) is 4. The molecular formula is C26H33N3O3. The highest BCUT2D eigenvalue weighted by Crippen LogP contribution is 2.38. The zero-order valence-electron chi connectivity index (χ0n) is 19.3. The van der Waals surface area contributed by atoms with Crippen LogP contribution in [0.2, 0.25) is 0 Å². The summed E-state index contributed by atoms with van der Waals surface area (Å²) < 4.78 is 8.41. The molecule has 0 unspecified atom stereocenters. The summed E-state index contributed by atoms with van der Waals surface area (Å²) in [7, 11) is 3.86. The van der Waals surface area contributed by atoms with Crippen molar-refractivity contribution in [3.63, 3.8) is 0 Å². The summed E-state index contributed by atoms with van der Waals surface area (Å²) in [5, 5.41) is 14.2. The molecule has 1 aliphatic heterocycles.